The molecule has 1 heterocycles. The highest BCUT2D eigenvalue weighted by Gasteiger charge is 2.46. The summed E-state index contributed by atoms with van der Waals surface area (Å²) in [5.74, 6) is -0.145. The molecule has 4 nitrogen and oxygen atoms in total. The highest BCUT2D eigenvalue weighted by molar-refractivity contribution is 6.05. The molecule has 0 radical (unpaired) electrons. The van der Waals surface area contributed by atoms with Crippen LogP contribution in [0.4, 0.5) is 0 Å². The lowest BCUT2D eigenvalue weighted by atomic mass is 9.85. The maximum Gasteiger partial charge on any atom is 0.233 e. The number of nitrogens with zero attached hydrogens (tertiary/aromatic N) is 1. The van der Waals surface area contributed by atoms with Gasteiger partial charge in [0.2, 0.25) is 11.8 Å². The van der Waals surface area contributed by atoms with E-state index in [1.165, 1.54) is 4.90 Å². The Morgan fingerprint density at radius 2 is 1.56 bits per heavy atom. The van der Waals surface area contributed by atoms with Gasteiger partial charge >= 0.3 is 0 Å². The average molecular weight is 251 g/mol. The molecule has 0 spiro atoms. The first-order valence-corrected chi connectivity index (χ1v) is 6.86. The standard InChI is InChI=1S/C14H21NO3/c16-10-6-2-1-5-9-15-13(17)11-7-3-4-8-12(11)14(15)18/h3-4,11-12,16H,1-2,5-10H2/t11-,12+. The fourth-order valence-electron chi connectivity index (χ4n) is 2.82. The molecule has 4 heteroatoms. The number of likely N-dealkylation sites (tertiary alicyclic amines) is 1. The second-order valence-electron chi connectivity index (χ2n) is 5.12. The van der Waals surface area contributed by atoms with E-state index in [1.807, 2.05) is 12.2 Å². The Hall–Kier alpha value is -1.16. The van der Waals surface area contributed by atoms with Gasteiger partial charge in [0.1, 0.15) is 0 Å². The van der Waals surface area contributed by atoms with Crippen molar-refractivity contribution >= 4 is 11.8 Å². The van der Waals surface area contributed by atoms with Gasteiger partial charge in [-0.15, -0.1) is 0 Å². The molecule has 1 fully saturated rings. The number of amides is 2. The van der Waals surface area contributed by atoms with E-state index in [4.69, 9.17) is 5.11 Å². The summed E-state index contributed by atoms with van der Waals surface area (Å²) >= 11 is 0. The average Bonchev–Trinajstić information content (AvgIpc) is 2.64. The highest BCUT2D eigenvalue weighted by atomic mass is 16.3. The summed E-state index contributed by atoms with van der Waals surface area (Å²) in [4.78, 5) is 25.7. The number of unbranched alkanes of at least 4 members (excludes halogenated alkanes) is 3. The molecular formula is C14H21NO3. The van der Waals surface area contributed by atoms with Crippen molar-refractivity contribution in [2.75, 3.05) is 13.2 Å². The number of rotatable bonds is 6. The Labute approximate surface area is 108 Å². The second-order valence-corrected chi connectivity index (χ2v) is 5.12. The topological polar surface area (TPSA) is 57.6 Å². The first-order chi connectivity index (χ1) is 8.75. The molecule has 100 valence electrons. The SMILES string of the molecule is O=C1[C@H]2CC=CC[C@H]2C(=O)N1CCCCCCO. The Morgan fingerprint density at radius 3 is 2.11 bits per heavy atom. The van der Waals surface area contributed by atoms with Crippen molar-refractivity contribution in [1.82, 2.24) is 4.90 Å². The molecule has 18 heavy (non-hydrogen) atoms. The third-order valence-corrected chi connectivity index (χ3v) is 3.89. The predicted molar refractivity (Wildman–Crippen MR) is 67.6 cm³/mol. The lowest BCUT2D eigenvalue weighted by Crippen LogP contribution is -2.32. The van der Waals surface area contributed by atoms with Crippen LogP contribution in [0.15, 0.2) is 12.2 Å². The Morgan fingerprint density at radius 1 is 1.00 bits per heavy atom. The van der Waals surface area contributed by atoms with Crippen LogP contribution in [0.25, 0.3) is 0 Å². The number of fused-ring (bicyclic) bond motifs is 1. The maximum atomic E-state index is 12.1. The van der Waals surface area contributed by atoms with Crippen molar-refractivity contribution in [3.63, 3.8) is 0 Å². The molecule has 2 atom stereocenters. The van der Waals surface area contributed by atoms with Gasteiger partial charge in [-0.1, -0.05) is 25.0 Å². The predicted octanol–water partition coefficient (Wildman–Crippen LogP) is 1.49. The van der Waals surface area contributed by atoms with Crippen LogP contribution >= 0.6 is 0 Å². The molecule has 1 aliphatic carbocycles. The molecule has 0 bridgehead atoms. The van der Waals surface area contributed by atoms with E-state index in [0.717, 1.165) is 38.5 Å². The summed E-state index contributed by atoms with van der Waals surface area (Å²) in [5.41, 5.74) is 0. The van der Waals surface area contributed by atoms with Crippen molar-refractivity contribution < 1.29 is 14.7 Å². The van der Waals surface area contributed by atoms with Gasteiger partial charge in [-0.3, -0.25) is 14.5 Å². The number of imide groups is 1. The number of carbonyl (C=O) groups is 2. The molecule has 0 unspecified atom stereocenters. The molecule has 2 amide bonds. The zero-order chi connectivity index (χ0) is 13.0. The third kappa shape index (κ3) is 2.64. The zero-order valence-electron chi connectivity index (χ0n) is 10.7. The van der Waals surface area contributed by atoms with Gasteiger partial charge in [-0.05, 0) is 25.7 Å². The molecule has 1 N–H and O–H groups in total. The summed E-state index contributed by atoms with van der Waals surface area (Å²) in [7, 11) is 0. The molecule has 2 rings (SSSR count). The molecule has 0 aromatic carbocycles. The van der Waals surface area contributed by atoms with Crippen LogP contribution in [0.3, 0.4) is 0 Å². The van der Waals surface area contributed by atoms with Crippen LogP contribution in [0.2, 0.25) is 0 Å². The minimum atomic E-state index is -0.0973. The first-order valence-electron chi connectivity index (χ1n) is 6.86. The van der Waals surface area contributed by atoms with E-state index < -0.39 is 0 Å². The van der Waals surface area contributed by atoms with Crippen LogP contribution in [0.1, 0.15) is 38.5 Å². The van der Waals surface area contributed by atoms with Crippen LogP contribution in [-0.2, 0) is 9.59 Å². The Balaban J connectivity index is 1.83. The van der Waals surface area contributed by atoms with Gasteiger partial charge in [0.25, 0.3) is 0 Å². The molecule has 0 aromatic heterocycles. The van der Waals surface area contributed by atoms with Gasteiger partial charge in [-0.2, -0.15) is 0 Å². The van der Waals surface area contributed by atoms with E-state index in [0.29, 0.717) is 6.54 Å². The number of allylic oxidation sites excluding steroid dienone is 2. The van der Waals surface area contributed by atoms with E-state index in [-0.39, 0.29) is 30.3 Å². The van der Waals surface area contributed by atoms with Crippen LogP contribution < -0.4 is 0 Å². The van der Waals surface area contributed by atoms with E-state index in [1.54, 1.807) is 0 Å². The largest absolute Gasteiger partial charge is 0.396 e. The summed E-state index contributed by atoms with van der Waals surface area (Å²) in [6.07, 6.45) is 9.04. The number of aliphatic hydroxyl groups excluding tert-OH is 1. The fraction of sp³-hybridized carbons (Fsp3) is 0.714. The van der Waals surface area contributed by atoms with Gasteiger partial charge in [0.05, 0.1) is 11.8 Å². The summed E-state index contributed by atoms with van der Waals surface area (Å²) < 4.78 is 0. The lowest BCUT2D eigenvalue weighted by molar-refractivity contribution is -0.139. The summed E-state index contributed by atoms with van der Waals surface area (Å²) in [5, 5.41) is 8.68. The Kier molecular flexibility index (Phi) is 4.53. The van der Waals surface area contributed by atoms with Crippen LogP contribution in [-0.4, -0.2) is 35.0 Å². The Bertz CT molecular complexity index is 325. The van der Waals surface area contributed by atoms with E-state index >= 15 is 0 Å². The van der Waals surface area contributed by atoms with E-state index in [9.17, 15) is 9.59 Å². The number of carbonyl (C=O) groups excluding carboxylic acids is 2. The minimum Gasteiger partial charge on any atom is -0.396 e. The van der Waals surface area contributed by atoms with Crippen molar-refractivity contribution in [3.05, 3.63) is 12.2 Å². The summed E-state index contributed by atoms with van der Waals surface area (Å²) in [6.45, 7) is 0.771. The van der Waals surface area contributed by atoms with Gasteiger partial charge in [-0.25, -0.2) is 0 Å². The van der Waals surface area contributed by atoms with Crippen molar-refractivity contribution in [1.29, 1.82) is 0 Å². The molecule has 1 aliphatic heterocycles. The smallest absolute Gasteiger partial charge is 0.233 e. The monoisotopic (exact) mass is 251 g/mol. The van der Waals surface area contributed by atoms with Crippen molar-refractivity contribution in [2.24, 2.45) is 11.8 Å². The second kappa shape index (κ2) is 6.14. The fourth-order valence-corrected chi connectivity index (χ4v) is 2.82. The minimum absolute atomic E-state index is 0.0245. The molecular weight excluding hydrogens is 230 g/mol. The van der Waals surface area contributed by atoms with Crippen LogP contribution in [0, 0.1) is 11.8 Å². The van der Waals surface area contributed by atoms with E-state index in [2.05, 4.69) is 0 Å². The van der Waals surface area contributed by atoms with Crippen molar-refractivity contribution in [2.45, 2.75) is 38.5 Å². The maximum absolute atomic E-state index is 12.1. The first kappa shape index (κ1) is 13.3. The van der Waals surface area contributed by atoms with Gasteiger partial charge in [0, 0.05) is 13.2 Å². The number of hydrogen-bond donors (Lipinski definition) is 1. The zero-order valence-corrected chi connectivity index (χ0v) is 10.7. The molecule has 1 saturated heterocycles. The third-order valence-electron chi connectivity index (χ3n) is 3.89. The highest BCUT2D eigenvalue weighted by Crippen LogP contribution is 2.35. The molecule has 2 aliphatic rings. The van der Waals surface area contributed by atoms with Gasteiger partial charge < -0.3 is 5.11 Å². The number of aliphatic hydroxyl groups is 1. The lowest BCUT2D eigenvalue weighted by Gasteiger charge is -2.14. The normalized spacial score (nSPS) is 26.8. The molecule has 0 aromatic rings. The summed E-state index contributed by atoms with van der Waals surface area (Å²) in [6, 6.07) is 0. The van der Waals surface area contributed by atoms with Gasteiger partial charge in [0.15, 0.2) is 0 Å². The van der Waals surface area contributed by atoms with Crippen LogP contribution in [0.5, 0.6) is 0 Å². The number of hydrogen-bond acceptors (Lipinski definition) is 3. The van der Waals surface area contributed by atoms with Crippen molar-refractivity contribution in [3.8, 4) is 0 Å². The molecule has 0 saturated carbocycles. The quantitative estimate of drug-likeness (QED) is 0.442.